The molecule has 11 nitrogen and oxygen atoms in total. The number of fused-ring (bicyclic) bond motifs is 1. The Morgan fingerprint density at radius 1 is 1.07 bits per heavy atom. The van der Waals surface area contributed by atoms with E-state index in [2.05, 4.69) is 15.3 Å². The lowest BCUT2D eigenvalue weighted by atomic mass is 9.96. The Morgan fingerprint density at radius 3 is 2.41 bits per heavy atom. The number of aliphatic imine (C=N–C) groups is 1. The molecular formula is C30H33N5O6. The molecule has 1 amide bonds. The number of carboxylic acids is 1. The van der Waals surface area contributed by atoms with Crippen LogP contribution in [0.5, 0.6) is 11.6 Å². The van der Waals surface area contributed by atoms with E-state index in [1.165, 1.54) is 0 Å². The third-order valence-corrected chi connectivity index (χ3v) is 6.64. The summed E-state index contributed by atoms with van der Waals surface area (Å²) in [6.45, 7) is 3.98. The Balaban J connectivity index is 1.36. The van der Waals surface area contributed by atoms with Gasteiger partial charge in [0.15, 0.2) is 12.0 Å². The number of nitrogens with two attached hydrogens (primary N) is 1. The zero-order valence-corrected chi connectivity index (χ0v) is 22.9. The van der Waals surface area contributed by atoms with Gasteiger partial charge >= 0.3 is 11.9 Å². The molecule has 11 heteroatoms. The molecule has 0 spiro atoms. The van der Waals surface area contributed by atoms with E-state index in [0.717, 1.165) is 5.56 Å². The van der Waals surface area contributed by atoms with Gasteiger partial charge in [-0.15, -0.1) is 0 Å². The van der Waals surface area contributed by atoms with E-state index >= 15 is 0 Å². The number of aliphatic carboxylic acids is 1. The Bertz CT molecular complexity index is 1400. The average Bonchev–Trinajstić information content (AvgIpc) is 2.96. The Labute approximate surface area is 238 Å². The SMILES string of the molecule is CC(C)C(CCC(=O)NC(COC(=O)c1ccccc1)C(=O)O)N1Cc2cc(Oc3ccccc3)ncc2N=C1N. The van der Waals surface area contributed by atoms with Gasteiger partial charge in [0.25, 0.3) is 0 Å². The molecule has 4 rings (SSSR count). The topological polar surface area (TPSA) is 156 Å². The molecule has 0 bridgehead atoms. The number of rotatable bonds is 12. The first-order valence-corrected chi connectivity index (χ1v) is 13.3. The van der Waals surface area contributed by atoms with E-state index in [1.807, 2.05) is 55.1 Å². The van der Waals surface area contributed by atoms with Crippen LogP contribution in [0.3, 0.4) is 0 Å². The maximum absolute atomic E-state index is 12.8. The van der Waals surface area contributed by atoms with Crippen LogP contribution < -0.4 is 15.8 Å². The van der Waals surface area contributed by atoms with E-state index in [1.54, 1.807) is 36.5 Å². The number of pyridine rings is 1. The largest absolute Gasteiger partial charge is 0.480 e. The average molecular weight is 560 g/mol. The minimum atomic E-state index is -1.38. The summed E-state index contributed by atoms with van der Waals surface area (Å²) in [4.78, 5) is 47.5. The van der Waals surface area contributed by atoms with Gasteiger partial charge in [0.05, 0.1) is 17.4 Å². The highest BCUT2D eigenvalue weighted by Gasteiger charge is 2.29. The molecule has 0 saturated heterocycles. The molecule has 214 valence electrons. The number of carboxylic acid groups (broad SMARTS) is 1. The maximum atomic E-state index is 12.8. The molecule has 4 N–H and O–H groups in total. The van der Waals surface area contributed by atoms with Crippen molar-refractivity contribution < 1.29 is 29.0 Å². The number of carbonyl (C=O) groups is 3. The first-order valence-electron chi connectivity index (χ1n) is 13.3. The lowest BCUT2D eigenvalue weighted by Crippen LogP contribution is -2.49. The number of hydrogen-bond donors (Lipinski definition) is 3. The molecule has 41 heavy (non-hydrogen) atoms. The van der Waals surface area contributed by atoms with Crippen LogP contribution in [-0.4, -0.2) is 57.5 Å². The Kier molecular flexibility index (Phi) is 9.51. The molecule has 1 aliphatic heterocycles. The third kappa shape index (κ3) is 7.81. The van der Waals surface area contributed by atoms with Crippen molar-refractivity contribution in [2.75, 3.05) is 6.61 Å². The summed E-state index contributed by atoms with van der Waals surface area (Å²) < 4.78 is 11.0. The predicted molar refractivity (Wildman–Crippen MR) is 152 cm³/mol. The minimum Gasteiger partial charge on any atom is -0.480 e. The quantitative estimate of drug-likeness (QED) is 0.280. The van der Waals surface area contributed by atoms with Gasteiger partial charge in [-0.05, 0) is 36.6 Å². The molecule has 2 heterocycles. The third-order valence-electron chi connectivity index (χ3n) is 6.64. The van der Waals surface area contributed by atoms with E-state index in [-0.39, 0.29) is 18.4 Å². The number of aromatic nitrogens is 1. The number of benzene rings is 2. The number of amides is 1. The van der Waals surface area contributed by atoms with Crippen molar-refractivity contribution in [3.63, 3.8) is 0 Å². The highest BCUT2D eigenvalue weighted by molar-refractivity contribution is 5.90. The van der Waals surface area contributed by atoms with Crippen molar-refractivity contribution in [3.8, 4) is 11.6 Å². The number of esters is 1. The van der Waals surface area contributed by atoms with Gasteiger partial charge in [0.1, 0.15) is 12.4 Å². The molecule has 2 unspecified atom stereocenters. The minimum absolute atomic E-state index is 0.0363. The van der Waals surface area contributed by atoms with Gasteiger partial charge in [0.2, 0.25) is 11.8 Å². The van der Waals surface area contributed by atoms with E-state index in [4.69, 9.17) is 15.2 Å². The molecule has 0 saturated carbocycles. The van der Waals surface area contributed by atoms with Crippen LogP contribution >= 0.6 is 0 Å². The van der Waals surface area contributed by atoms with Crippen molar-refractivity contribution >= 4 is 29.5 Å². The number of carbonyl (C=O) groups excluding carboxylic acids is 2. The second-order valence-electron chi connectivity index (χ2n) is 9.94. The summed E-state index contributed by atoms with van der Waals surface area (Å²) in [5.74, 6) is -0.942. The summed E-state index contributed by atoms with van der Waals surface area (Å²) in [5.41, 5.74) is 8.14. The fraction of sp³-hybridized carbons (Fsp3) is 0.300. The fourth-order valence-electron chi connectivity index (χ4n) is 4.49. The molecule has 3 aromatic rings. The van der Waals surface area contributed by atoms with Gasteiger partial charge in [-0.2, -0.15) is 0 Å². The van der Waals surface area contributed by atoms with Gasteiger partial charge in [-0.25, -0.2) is 19.6 Å². The van der Waals surface area contributed by atoms with Crippen LogP contribution in [0.2, 0.25) is 0 Å². The molecule has 2 atom stereocenters. The summed E-state index contributed by atoms with van der Waals surface area (Å²) >= 11 is 0. The summed E-state index contributed by atoms with van der Waals surface area (Å²) in [5, 5.41) is 12.0. The molecule has 0 aliphatic carbocycles. The van der Waals surface area contributed by atoms with Crippen LogP contribution in [0.1, 0.15) is 42.6 Å². The van der Waals surface area contributed by atoms with E-state index in [0.29, 0.717) is 41.8 Å². The molecule has 1 aliphatic rings. The number of hydrogen-bond acceptors (Lipinski definition) is 9. The van der Waals surface area contributed by atoms with Crippen LogP contribution in [0.4, 0.5) is 5.69 Å². The van der Waals surface area contributed by atoms with Crippen LogP contribution in [0, 0.1) is 5.92 Å². The van der Waals surface area contributed by atoms with Gasteiger partial charge in [0, 0.05) is 30.6 Å². The summed E-state index contributed by atoms with van der Waals surface area (Å²) in [6, 6.07) is 17.8. The lowest BCUT2D eigenvalue weighted by molar-refractivity contribution is -0.143. The molecule has 0 fully saturated rings. The predicted octanol–water partition coefficient (Wildman–Crippen LogP) is 3.87. The first-order chi connectivity index (χ1) is 19.7. The van der Waals surface area contributed by atoms with E-state index < -0.39 is 30.5 Å². The van der Waals surface area contributed by atoms with Crippen molar-refractivity contribution in [1.29, 1.82) is 0 Å². The van der Waals surface area contributed by atoms with Crippen molar-refractivity contribution in [2.24, 2.45) is 16.6 Å². The molecular weight excluding hydrogens is 526 g/mol. The number of guanidine groups is 1. The van der Waals surface area contributed by atoms with Crippen molar-refractivity contribution in [1.82, 2.24) is 15.2 Å². The van der Waals surface area contributed by atoms with Crippen LogP contribution in [0.15, 0.2) is 77.9 Å². The lowest BCUT2D eigenvalue weighted by Gasteiger charge is -2.37. The Hall–Kier alpha value is -4.93. The van der Waals surface area contributed by atoms with Crippen molar-refractivity contribution in [2.45, 2.75) is 45.3 Å². The number of para-hydroxylation sites is 1. The standard InChI is InChI=1S/C30H33N5O6/c1-19(2)25(13-14-26(36)33-24(28(37)38)18-40-29(39)20-9-5-3-6-10-20)35-17-21-15-27(32-16-23(21)34-30(35)31)41-22-11-7-4-8-12-22/h3-12,15-16,19,24-25H,13-14,17-18H2,1-2H3,(H2,31,34)(H,33,36)(H,37,38). The highest BCUT2D eigenvalue weighted by Crippen LogP contribution is 2.32. The molecule has 0 radical (unpaired) electrons. The maximum Gasteiger partial charge on any atom is 0.338 e. The van der Waals surface area contributed by atoms with Gasteiger partial charge < -0.3 is 30.5 Å². The second-order valence-corrected chi connectivity index (χ2v) is 9.94. The normalized spacial score (nSPS) is 13.9. The smallest absolute Gasteiger partial charge is 0.338 e. The van der Waals surface area contributed by atoms with Gasteiger partial charge in [-0.1, -0.05) is 50.2 Å². The van der Waals surface area contributed by atoms with Crippen molar-refractivity contribution in [3.05, 3.63) is 84.1 Å². The zero-order valence-electron chi connectivity index (χ0n) is 22.9. The number of nitrogens with one attached hydrogen (secondary N) is 1. The number of ether oxygens (including phenoxy) is 2. The number of nitrogens with zero attached hydrogens (tertiary/aromatic N) is 3. The zero-order chi connectivity index (χ0) is 29.4. The van der Waals surface area contributed by atoms with Gasteiger partial charge in [-0.3, -0.25) is 4.79 Å². The Morgan fingerprint density at radius 2 is 1.76 bits per heavy atom. The molecule has 2 aromatic carbocycles. The fourth-order valence-corrected chi connectivity index (χ4v) is 4.49. The van der Waals surface area contributed by atoms with Crippen LogP contribution in [0.25, 0.3) is 0 Å². The second kappa shape index (κ2) is 13.4. The summed E-state index contributed by atoms with van der Waals surface area (Å²) in [7, 11) is 0. The highest BCUT2D eigenvalue weighted by atomic mass is 16.5. The first kappa shape index (κ1) is 29.1. The van der Waals surface area contributed by atoms with E-state index in [9.17, 15) is 19.5 Å². The summed E-state index contributed by atoms with van der Waals surface area (Å²) in [6.07, 6.45) is 2.05. The van der Waals surface area contributed by atoms with Crippen LogP contribution in [-0.2, 0) is 20.9 Å². The molecule has 1 aromatic heterocycles. The monoisotopic (exact) mass is 559 g/mol.